The van der Waals surface area contributed by atoms with Gasteiger partial charge in [-0.05, 0) is 53.8 Å². The summed E-state index contributed by atoms with van der Waals surface area (Å²) in [4.78, 5) is 18.1. The lowest BCUT2D eigenvalue weighted by Crippen LogP contribution is -2.34. The number of rotatable bonds is 6. The average molecular weight is 467 g/mol. The molecule has 180 valence electrons. The molecule has 1 aliphatic carbocycles. The first kappa shape index (κ1) is 23.2. The van der Waals surface area contributed by atoms with E-state index in [1.54, 1.807) is 7.11 Å². The van der Waals surface area contributed by atoms with Gasteiger partial charge < -0.3 is 14.5 Å². The number of benzene rings is 3. The molecule has 1 saturated heterocycles. The highest BCUT2D eigenvalue weighted by Crippen LogP contribution is 2.56. The SMILES string of the molecule is COc1ccc(-c2ccc(N(C)C)cc2)cc1C1C2C=CCC[C@@]2(C)C(=O)N1Cc1ccccc1. The molecule has 4 heteroatoms. The van der Waals surface area contributed by atoms with Crippen LogP contribution in [0.2, 0.25) is 0 Å². The summed E-state index contributed by atoms with van der Waals surface area (Å²) in [6.07, 6.45) is 6.34. The molecule has 2 unspecified atom stereocenters. The van der Waals surface area contributed by atoms with Crippen molar-refractivity contribution < 1.29 is 9.53 Å². The fourth-order valence-corrected chi connectivity index (χ4v) is 5.77. The molecular weight excluding hydrogens is 432 g/mol. The maximum absolute atomic E-state index is 14.0. The van der Waals surface area contributed by atoms with Gasteiger partial charge in [-0.25, -0.2) is 0 Å². The van der Waals surface area contributed by atoms with Gasteiger partial charge in [-0.3, -0.25) is 4.79 Å². The zero-order valence-electron chi connectivity index (χ0n) is 21.1. The number of carbonyl (C=O) groups excluding carboxylic acids is 1. The van der Waals surface area contributed by atoms with Gasteiger partial charge in [-0.15, -0.1) is 0 Å². The van der Waals surface area contributed by atoms with Gasteiger partial charge in [0.25, 0.3) is 0 Å². The predicted octanol–water partition coefficient (Wildman–Crippen LogP) is 6.48. The van der Waals surface area contributed by atoms with Crippen molar-refractivity contribution in [2.24, 2.45) is 11.3 Å². The smallest absolute Gasteiger partial charge is 0.230 e. The van der Waals surface area contributed by atoms with Gasteiger partial charge in [0.2, 0.25) is 5.91 Å². The van der Waals surface area contributed by atoms with Crippen molar-refractivity contribution >= 4 is 11.6 Å². The van der Waals surface area contributed by atoms with Crippen molar-refractivity contribution in [3.8, 4) is 16.9 Å². The predicted molar refractivity (Wildman–Crippen MR) is 142 cm³/mol. The number of methoxy groups -OCH3 is 1. The summed E-state index contributed by atoms with van der Waals surface area (Å²) < 4.78 is 5.88. The van der Waals surface area contributed by atoms with E-state index in [-0.39, 0.29) is 17.9 Å². The molecule has 1 heterocycles. The Bertz CT molecular complexity index is 1230. The number of ether oxygens (including phenoxy) is 1. The van der Waals surface area contributed by atoms with Crippen LogP contribution in [0.15, 0.2) is 84.9 Å². The van der Waals surface area contributed by atoms with Crippen LogP contribution in [0.5, 0.6) is 5.75 Å². The van der Waals surface area contributed by atoms with Crippen LogP contribution in [0.1, 0.15) is 36.9 Å². The molecule has 3 aromatic carbocycles. The van der Waals surface area contributed by atoms with Crippen LogP contribution in [0.4, 0.5) is 5.69 Å². The van der Waals surface area contributed by atoms with Gasteiger partial charge in [0.15, 0.2) is 0 Å². The van der Waals surface area contributed by atoms with E-state index in [2.05, 4.69) is 83.5 Å². The van der Waals surface area contributed by atoms with Gasteiger partial charge in [-0.1, -0.05) is 67.6 Å². The number of carbonyl (C=O) groups is 1. The van der Waals surface area contributed by atoms with Gasteiger partial charge >= 0.3 is 0 Å². The first-order valence-electron chi connectivity index (χ1n) is 12.4. The molecule has 4 nitrogen and oxygen atoms in total. The molecule has 0 radical (unpaired) electrons. The fourth-order valence-electron chi connectivity index (χ4n) is 5.77. The molecule has 3 atom stereocenters. The average Bonchev–Trinajstić information content (AvgIpc) is 3.10. The molecule has 0 N–H and O–H groups in total. The van der Waals surface area contributed by atoms with Crippen molar-refractivity contribution in [3.05, 3.63) is 96.1 Å². The quantitative estimate of drug-likeness (QED) is 0.390. The zero-order valence-corrected chi connectivity index (χ0v) is 21.1. The van der Waals surface area contributed by atoms with E-state index in [1.807, 2.05) is 32.3 Å². The second-order valence-corrected chi connectivity index (χ2v) is 10.2. The summed E-state index contributed by atoms with van der Waals surface area (Å²) in [5.74, 6) is 1.17. The standard InChI is InChI=1S/C31H34N2O2/c1-31-19-9-8-12-27(31)29(33(30(31)34)21-22-10-6-5-7-11-22)26-20-24(15-18-28(26)35-4)23-13-16-25(17-14-23)32(2)3/h5-8,10-18,20,27,29H,9,19,21H2,1-4H3/t27?,29?,31-/m1/s1. The van der Waals surface area contributed by atoms with E-state index in [1.165, 1.54) is 5.69 Å². The summed E-state index contributed by atoms with van der Waals surface area (Å²) in [5.41, 5.74) is 5.27. The summed E-state index contributed by atoms with van der Waals surface area (Å²) in [6.45, 7) is 2.74. The van der Waals surface area contributed by atoms with Crippen molar-refractivity contribution in [3.63, 3.8) is 0 Å². The Morgan fingerprint density at radius 2 is 1.71 bits per heavy atom. The zero-order chi connectivity index (χ0) is 24.6. The van der Waals surface area contributed by atoms with Crippen molar-refractivity contribution in [2.75, 3.05) is 26.1 Å². The van der Waals surface area contributed by atoms with E-state index >= 15 is 0 Å². The Hall–Kier alpha value is -3.53. The number of hydrogen-bond donors (Lipinski definition) is 0. The molecular formula is C31H34N2O2. The third-order valence-corrected chi connectivity index (χ3v) is 7.80. The second kappa shape index (κ2) is 9.26. The minimum absolute atomic E-state index is 0.0831. The summed E-state index contributed by atoms with van der Waals surface area (Å²) in [6, 6.07) is 25.2. The Labute approximate surface area is 208 Å². The van der Waals surface area contributed by atoms with E-state index in [0.29, 0.717) is 6.54 Å². The highest BCUT2D eigenvalue weighted by Gasteiger charge is 2.56. The largest absolute Gasteiger partial charge is 0.496 e. The lowest BCUT2D eigenvalue weighted by atomic mass is 9.69. The fraction of sp³-hybridized carbons (Fsp3) is 0.323. The van der Waals surface area contributed by atoms with E-state index in [4.69, 9.17) is 4.74 Å². The first-order valence-corrected chi connectivity index (χ1v) is 12.4. The number of nitrogens with zero attached hydrogens (tertiary/aromatic N) is 2. The van der Waals surface area contributed by atoms with Crippen molar-refractivity contribution in [2.45, 2.75) is 32.4 Å². The second-order valence-electron chi connectivity index (χ2n) is 10.2. The first-order chi connectivity index (χ1) is 16.9. The molecule has 0 saturated carbocycles. The number of amides is 1. The highest BCUT2D eigenvalue weighted by atomic mass is 16.5. The van der Waals surface area contributed by atoms with Gasteiger partial charge in [0.05, 0.1) is 18.6 Å². The Balaban J connectivity index is 1.61. The van der Waals surface area contributed by atoms with E-state index in [0.717, 1.165) is 40.8 Å². The van der Waals surface area contributed by atoms with Crippen LogP contribution in [-0.2, 0) is 11.3 Å². The number of anilines is 1. The number of fused-ring (bicyclic) bond motifs is 1. The molecule has 5 rings (SSSR count). The van der Waals surface area contributed by atoms with E-state index in [9.17, 15) is 4.79 Å². The normalized spacial score (nSPS) is 23.3. The van der Waals surface area contributed by atoms with Crippen molar-refractivity contribution in [1.82, 2.24) is 4.90 Å². The summed E-state index contributed by atoms with van der Waals surface area (Å²) in [7, 11) is 5.82. The topological polar surface area (TPSA) is 32.8 Å². The summed E-state index contributed by atoms with van der Waals surface area (Å²) in [5, 5.41) is 0. The van der Waals surface area contributed by atoms with Crippen LogP contribution in [-0.4, -0.2) is 32.0 Å². The monoisotopic (exact) mass is 466 g/mol. The van der Waals surface area contributed by atoms with Gasteiger partial charge in [0.1, 0.15) is 5.75 Å². The minimum atomic E-state index is -0.400. The maximum atomic E-state index is 14.0. The molecule has 35 heavy (non-hydrogen) atoms. The third-order valence-electron chi connectivity index (χ3n) is 7.80. The molecule has 1 fully saturated rings. The van der Waals surface area contributed by atoms with Crippen molar-refractivity contribution in [1.29, 1.82) is 0 Å². The molecule has 0 spiro atoms. The Kier molecular flexibility index (Phi) is 6.14. The molecule has 2 aliphatic rings. The molecule has 1 amide bonds. The molecule has 0 aromatic heterocycles. The lowest BCUT2D eigenvalue weighted by Gasteiger charge is -2.32. The minimum Gasteiger partial charge on any atom is -0.496 e. The molecule has 3 aromatic rings. The van der Waals surface area contributed by atoms with Crippen LogP contribution in [0.25, 0.3) is 11.1 Å². The molecule has 0 bridgehead atoms. The highest BCUT2D eigenvalue weighted by molar-refractivity contribution is 5.87. The Morgan fingerprint density at radius 3 is 2.40 bits per heavy atom. The number of likely N-dealkylation sites (tertiary alicyclic amines) is 1. The van der Waals surface area contributed by atoms with Gasteiger partial charge in [-0.2, -0.15) is 0 Å². The third kappa shape index (κ3) is 4.12. The lowest BCUT2D eigenvalue weighted by molar-refractivity contribution is -0.137. The van der Waals surface area contributed by atoms with Crippen LogP contribution in [0.3, 0.4) is 0 Å². The molecule has 1 aliphatic heterocycles. The maximum Gasteiger partial charge on any atom is 0.230 e. The summed E-state index contributed by atoms with van der Waals surface area (Å²) >= 11 is 0. The van der Waals surface area contributed by atoms with Gasteiger partial charge in [0, 0.05) is 37.8 Å². The number of hydrogen-bond acceptors (Lipinski definition) is 3. The number of allylic oxidation sites excluding steroid dienone is 1. The van der Waals surface area contributed by atoms with Crippen LogP contribution < -0.4 is 9.64 Å². The van der Waals surface area contributed by atoms with Crippen LogP contribution >= 0.6 is 0 Å². The van der Waals surface area contributed by atoms with E-state index < -0.39 is 5.41 Å². The van der Waals surface area contributed by atoms with Crippen LogP contribution in [0, 0.1) is 11.3 Å². The Morgan fingerprint density at radius 1 is 1.00 bits per heavy atom.